The molecule has 0 amide bonds. The summed E-state index contributed by atoms with van der Waals surface area (Å²) in [5, 5.41) is 8.90. The molecule has 1 aromatic heterocycles. The first kappa shape index (κ1) is 14.7. The van der Waals surface area contributed by atoms with Crippen molar-refractivity contribution in [3.8, 4) is 6.07 Å². The van der Waals surface area contributed by atoms with Crippen LogP contribution in [-0.4, -0.2) is 13.4 Å². The van der Waals surface area contributed by atoms with Crippen molar-refractivity contribution in [2.75, 3.05) is 0 Å². The Hall–Kier alpha value is -1.75. The second-order valence-corrected chi connectivity index (χ2v) is 6.47. The molecule has 0 unspecified atom stereocenters. The Labute approximate surface area is 125 Å². The molecular formula is C13H10BrN3O2S. The van der Waals surface area contributed by atoms with E-state index in [1.807, 2.05) is 18.2 Å². The molecule has 2 aromatic rings. The van der Waals surface area contributed by atoms with Gasteiger partial charge in [-0.3, -0.25) is 0 Å². The van der Waals surface area contributed by atoms with Crippen LogP contribution in [0.1, 0.15) is 11.3 Å². The Morgan fingerprint density at radius 1 is 1.25 bits per heavy atom. The van der Waals surface area contributed by atoms with Gasteiger partial charge in [-0.05, 0) is 23.8 Å². The molecule has 7 heteroatoms. The molecule has 0 atom stereocenters. The lowest BCUT2D eigenvalue weighted by molar-refractivity contribution is 0.580. The van der Waals surface area contributed by atoms with Gasteiger partial charge in [0.25, 0.3) is 0 Å². The molecule has 0 aliphatic carbocycles. The Balaban J connectivity index is 2.25. The van der Waals surface area contributed by atoms with Gasteiger partial charge < -0.3 is 0 Å². The molecule has 0 saturated carbocycles. The third kappa shape index (κ3) is 3.22. The molecular weight excluding hydrogens is 342 g/mol. The van der Waals surface area contributed by atoms with Crippen molar-refractivity contribution in [1.29, 1.82) is 5.26 Å². The van der Waals surface area contributed by atoms with E-state index in [9.17, 15) is 8.42 Å². The third-order valence-corrected chi connectivity index (χ3v) is 4.78. The molecule has 0 saturated heterocycles. The Morgan fingerprint density at radius 3 is 2.70 bits per heavy atom. The van der Waals surface area contributed by atoms with E-state index in [1.165, 1.54) is 18.3 Å². The number of halogens is 1. The zero-order valence-electron chi connectivity index (χ0n) is 10.2. The van der Waals surface area contributed by atoms with E-state index in [0.29, 0.717) is 0 Å². The second kappa shape index (κ2) is 6.13. The number of pyridine rings is 1. The Bertz CT molecular complexity index is 769. The van der Waals surface area contributed by atoms with Crippen LogP contribution in [0.25, 0.3) is 0 Å². The van der Waals surface area contributed by atoms with Gasteiger partial charge in [0.15, 0.2) is 5.69 Å². The van der Waals surface area contributed by atoms with Gasteiger partial charge in [0.05, 0.1) is 0 Å². The molecule has 2 rings (SSSR count). The molecule has 0 bridgehead atoms. The number of aromatic nitrogens is 1. The Kier molecular flexibility index (Phi) is 4.49. The summed E-state index contributed by atoms with van der Waals surface area (Å²) in [6, 6.07) is 11.9. The minimum Gasteiger partial charge on any atom is -0.244 e. The summed E-state index contributed by atoms with van der Waals surface area (Å²) in [6.07, 6.45) is 1.38. The lowest BCUT2D eigenvalue weighted by atomic mass is 10.2. The van der Waals surface area contributed by atoms with Crippen LogP contribution in [0.4, 0.5) is 0 Å². The quantitative estimate of drug-likeness (QED) is 0.914. The van der Waals surface area contributed by atoms with Crippen molar-refractivity contribution in [2.45, 2.75) is 11.4 Å². The second-order valence-electron chi connectivity index (χ2n) is 3.88. The summed E-state index contributed by atoms with van der Waals surface area (Å²) >= 11 is 3.35. The fourth-order valence-electron chi connectivity index (χ4n) is 1.58. The third-order valence-electron chi connectivity index (χ3n) is 2.58. The van der Waals surface area contributed by atoms with Crippen molar-refractivity contribution >= 4 is 26.0 Å². The first-order valence-corrected chi connectivity index (χ1v) is 7.90. The number of nitriles is 1. The van der Waals surface area contributed by atoms with Crippen LogP contribution in [0.3, 0.4) is 0 Å². The van der Waals surface area contributed by atoms with E-state index in [2.05, 4.69) is 25.6 Å². The summed E-state index contributed by atoms with van der Waals surface area (Å²) in [4.78, 5) is 3.63. The highest BCUT2D eigenvalue weighted by atomic mass is 79.9. The van der Waals surface area contributed by atoms with Gasteiger partial charge in [0, 0.05) is 17.2 Å². The molecule has 102 valence electrons. The molecule has 1 aromatic carbocycles. The highest BCUT2D eigenvalue weighted by molar-refractivity contribution is 9.10. The van der Waals surface area contributed by atoms with Gasteiger partial charge in [-0.15, -0.1) is 0 Å². The zero-order valence-corrected chi connectivity index (χ0v) is 12.6. The van der Waals surface area contributed by atoms with Gasteiger partial charge >= 0.3 is 0 Å². The number of hydrogen-bond acceptors (Lipinski definition) is 4. The fraction of sp³-hybridized carbons (Fsp3) is 0.0769. The highest BCUT2D eigenvalue weighted by Gasteiger charge is 2.19. The number of hydrogen-bond donors (Lipinski definition) is 1. The minimum atomic E-state index is -3.77. The molecule has 5 nitrogen and oxygen atoms in total. The standard InChI is InChI=1S/C13H10BrN3O2S/c14-11-5-2-1-4-10(11)9-17-20(18,19)13-6-3-7-16-12(13)8-15/h1-7,17H,9H2. The first-order chi connectivity index (χ1) is 9.54. The summed E-state index contributed by atoms with van der Waals surface area (Å²) in [6.45, 7) is 0.128. The first-order valence-electron chi connectivity index (χ1n) is 5.63. The maximum atomic E-state index is 12.2. The largest absolute Gasteiger partial charge is 0.244 e. The van der Waals surface area contributed by atoms with Gasteiger partial charge in [-0.2, -0.15) is 5.26 Å². The summed E-state index contributed by atoms with van der Waals surface area (Å²) in [5.41, 5.74) is 0.686. The summed E-state index contributed by atoms with van der Waals surface area (Å²) in [5.74, 6) is 0. The number of nitrogens with one attached hydrogen (secondary N) is 1. The average molecular weight is 352 g/mol. The van der Waals surface area contributed by atoms with Crippen molar-refractivity contribution in [2.24, 2.45) is 0 Å². The van der Waals surface area contributed by atoms with Crippen LogP contribution in [0, 0.1) is 11.3 Å². The van der Waals surface area contributed by atoms with Crippen LogP contribution in [-0.2, 0) is 16.6 Å². The minimum absolute atomic E-state index is 0.116. The number of benzene rings is 1. The average Bonchev–Trinajstić information content (AvgIpc) is 2.46. The molecule has 20 heavy (non-hydrogen) atoms. The lowest BCUT2D eigenvalue weighted by Crippen LogP contribution is -2.24. The molecule has 0 fully saturated rings. The SMILES string of the molecule is N#Cc1ncccc1S(=O)(=O)NCc1ccccc1Br. The molecule has 1 N–H and O–H groups in total. The predicted octanol–water partition coefficient (Wildman–Crippen LogP) is 2.19. The van der Waals surface area contributed by atoms with Crippen LogP contribution in [0.5, 0.6) is 0 Å². The predicted molar refractivity (Wildman–Crippen MR) is 77.1 cm³/mol. The maximum Gasteiger partial charge on any atom is 0.243 e. The molecule has 0 radical (unpaired) electrons. The smallest absolute Gasteiger partial charge is 0.243 e. The van der Waals surface area contributed by atoms with E-state index in [0.717, 1.165) is 10.0 Å². The van der Waals surface area contributed by atoms with E-state index < -0.39 is 10.0 Å². The zero-order chi connectivity index (χ0) is 14.6. The Morgan fingerprint density at radius 2 is 2.00 bits per heavy atom. The van der Waals surface area contributed by atoms with Crippen LogP contribution in [0.2, 0.25) is 0 Å². The summed E-state index contributed by atoms with van der Waals surface area (Å²) in [7, 11) is -3.77. The van der Waals surface area contributed by atoms with Gasteiger partial charge in [0.1, 0.15) is 11.0 Å². The molecule has 0 aliphatic rings. The maximum absolute atomic E-state index is 12.2. The van der Waals surface area contributed by atoms with Crippen LogP contribution in [0.15, 0.2) is 52.0 Å². The monoisotopic (exact) mass is 351 g/mol. The van der Waals surface area contributed by atoms with Crippen LogP contribution < -0.4 is 4.72 Å². The topological polar surface area (TPSA) is 82.8 Å². The van der Waals surface area contributed by atoms with Gasteiger partial charge in [-0.1, -0.05) is 34.1 Å². The molecule has 0 spiro atoms. The van der Waals surface area contributed by atoms with Gasteiger partial charge in [-0.25, -0.2) is 18.1 Å². The highest BCUT2D eigenvalue weighted by Crippen LogP contribution is 2.17. The van der Waals surface area contributed by atoms with Crippen molar-refractivity contribution < 1.29 is 8.42 Å². The van der Waals surface area contributed by atoms with Crippen LogP contribution >= 0.6 is 15.9 Å². The fourth-order valence-corrected chi connectivity index (χ4v) is 3.12. The van der Waals surface area contributed by atoms with Crippen molar-refractivity contribution in [3.63, 3.8) is 0 Å². The van der Waals surface area contributed by atoms with E-state index in [-0.39, 0.29) is 17.1 Å². The normalized spacial score (nSPS) is 11.0. The molecule has 0 aliphatic heterocycles. The van der Waals surface area contributed by atoms with Crippen molar-refractivity contribution in [1.82, 2.24) is 9.71 Å². The number of rotatable bonds is 4. The molecule has 1 heterocycles. The van der Waals surface area contributed by atoms with Gasteiger partial charge in [0.2, 0.25) is 10.0 Å². The van der Waals surface area contributed by atoms with E-state index in [1.54, 1.807) is 12.1 Å². The van der Waals surface area contributed by atoms with Crippen molar-refractivity contribution in [3.05, 3.63) is 58.3 Å². The lowest BCUT2D eigenvalue weighted by Gasteiger charge is -2.08. The summed E-state index contributed by atoms with van der Waals surface area (Å²) < 4.78 is 27.6. The van der Waals surface area contributed by atoms with E-state index >= 15 is 0 Å². The number of sulfonamides is 1. The number of nitrogens with zero attached hydrogens (tertiary/aromatic N) is 2. The van der Waals surface area contributed by atoms with E-state index in [4.69, 9.17) is 5.26 Å².